The van der Waals surface area contributed by atoms with Gasteiger partial charge in [0.05, 0.1) is 17.9 Å². The van der Waals surface area contributed by atoms with Gasteiger partial charge in [0.25, 0.3) is 0 Å². The Hall–Kier alpha value is -1.16. The Morgan fingerprint density at radius 3 is 2.36 bits per heavy atom. The van der Waals surface area contributed by atoms with Gasteiger partial charge in [0, 0.05) is 0 Å². The lowest BCUT2D eigenvalue weighted by molar-refractivity contribution is 0.466. The molecule has 3 N–H and O–H groups in total. The molecule has 1 aliphatic rings. The van der Waals surface area contributed by atoms with Crippen LogP contribution in [0.25, 0.3) is 0 Å². The molecule has 1 heterocycles. The zero-order chi connectivity index (χ0) is 7.90. The van der Waals surface area contributed by atoms with E-state index in [0.29, 0.717) is 5.82 Å². The van der Waals surface area contributed by atoms with E-state index in [1.165, 1.54) is 12.4 Å². The fraction of sp³-hybridized carbons (Fsp3) is 0.429. The smallest absolute Gasteiger partial charge is 0.152 e. The van der Waals surface area contributed by atoms with Crippen LogP contribution < -0.4 is 5.73 Å². The van der Waals surface area contributed by atoms with Gasteiger partial charge >= 0.3 is 0 Å². The van der Waals surface area contributed by atoms with Crippen LogP contribution >= 0.6 is 0 Å². The number of aromatic hydroxyl groups is 1. The van der Waals surface area contributed by atoms with Crippen LogP contribution in [0.3, 0.4) is 0 Å². The lowest BCUT2D eigenvalue weighted by Crippen LogP contribution is -2.21. The second-order valence-corrected chi connectivity index (χ2v) is 2.92. The van der Waals surface area contributed by atoms with E-state index in [4.69, 9.17) is 10.8 Å². The third-order valence-corrected chi connectivity index (χ3v) is 1.87. The normalized spacial score (nSPS) is 19.7. The molecule has 2 rings (SSSR count). The van der Waals surface area contributed by atoms with Crippen molar-refractivity contribution < 1.29 is 5.11 Å². The van der Waals surface area contributed by atoms with E-state index in [-0.39, 0.29) is 11.3 Å². The van der Waals surface area contributed by atoms with Gasteiger partial charge in [-0.15, -0.1) is 0 Å². The topological polar surface area (TPSA) is 72.0 Å². The summed E-state index contributed by atoms with van der Waals surface area (Å²) in [4.78, 5) is 7.85. The molecule has 1 aromatic rings. The number of aromatic nitrogens is 2. The average molecular weight is 151 g/mol. The van der Waals surface area contributed by atoms with E-state index in [2.05, 4.69) is 9.97 Å². The Morgan fingerprint density at radius 1 is 1.36 bits per heavy atom. The van der Waals surface area contributed by atoms with Crippen molar-refractivity contribution in [2.45, 2.75) is 18.4 Å². The third-order valence-electron chi connectivity index (χ3n) is 1.87. The SMILES string of the molecule is NC1(c2ncc(O)cn2)CC1. The standard InChI is InChI=1S/C7H9N3O/c8-7(1-2-7)6-9-3-5(11)4-10-6/h3-4,11H,1-2,8H2. The van der Waals surface area contributed by atoms with Gasteiger partial charge < -0.3 is 10.8 Å². The summed E-state index contributed by atoms with van der Waals surface area (Å²) in [6.07, 6.45) is 4.63. The second kappa shape index (κ2) is 1.92. The molecule has 1 fully saturated rings. The molecule has 0 aliphatic heterocycles. The van der Waals surface area contributed by atoms with Gasteiger partial charge in [-0.25, -0.2) is 9.97 Å². The van der Waals surface area contributed by atoms with Crippen molar-refractivity contribution in [1.82, 2.24) is 9.97 Å². The van der Waals surface area contributed by atoms with E-state index >= 15 is 0 Å². The van der Waals surface area contributed by atoms with Crippen LogP contribution in [0.5, 0.6) is 5.75 Å². The van der Waals surface area contributed by atoms with Gasteiger partial charge in [-0.2, -0.15) is 0 Å². The maximum atomic E-state index is 8.88. The molecule has 0 saturated heterocycles. The van der Waals surface area contributed by atoms with E-state index in [0.717, 1.165) is 12.8 Å². The van der Waals surface area contributed by atoms with Crippen molar-refractivity contribution in [3.05, 3.63) is 18.2 Å². The highest BCUT2D eigenvalue weighted by molar-refractivity contribution is 5.18. The molecule has 0 spiro atoms. The van der Waals surface area contributed by atoms with Crippen LogP contribution in [0.4, 0.5) is 0 Å². The predicted molar refractivity (Wildman–Crippen MR) is 38.8 cm³/mol. The van der Waals surface area contributed by atoms with Gasteiger partial charge in [-0.3, -0.25) is 0 Å². The molecule has 0 atom stereocenters. The minimum atomic E-state index is -0.298. The first-order valence-electron chi connectivity index (χ1n) is 3.51. The first-order chi connectivity index (χ1) is 5.21. The van der Waals surface area contributed by atoms with Crippen LogP contribution in [-0.4, -0.2) is 15.1 Å². The molecular formula is C7H9N3O. The highest BCUT2D eigenvalue weighted by atomic mass is 16.3. The summed E-state index contributed by atoms with van der Waals surface area (Å²) in [7, 11) is 0. The van der Waals surface area contributed by atoms with E-state index in [1.54, 1.807) is 0 Å². The van der Waals surface area contributed by atoms with E-state index in [1.807, 2.05) is 0 Å². The second-order valence-electron chi connectivity index (χ2n) is 2.92. The number of hydrogen-bond donors (Lipinski definition) is 2. The monoisotopic (exact) mass is 151 g/mol. The zero-order valence-electron chi connectivity index (χ0n) is 5.99. The van der Waals surface area contributed by atoms with Crippen molar-refractivity contribution in [3.63, 3.8) is 0 Å². The van der Waals surface area contributed by atoms with Crippen LogP contribution in [0, 0.1) is 0 Å². The van der Waals surface area contributed by atoms with Gasteiger partial charge in [-0.1, -0.05) is 0 Å². The Morgan fingerprint density at radius 2 is 1.91 bits per heavy atom. The quantitative estimate of drug-likeness (QED) is 0.598. The summed E-state index contributed by atoms with van der Waals surface area (Å²) in [5.41, 5.74) is 5.51. The lowest BCUT2D eigenvalue weighted by atomic mass is 10.3. The molecular weight excluding hydrogens is 142 g/mol. The molecule has 4 heteroatoms. The van der Waals surface area contributed by atoms with Gasteiger partial charge in [0.2, 0.25) is 0 Å². The summed E-state index contributed by atoms with van der Waals surface area (Å²) < 4.78 is 0. The van der Waals surface area contributed by atoms with Crippen molar-refractivity contribution >= 4 is 0 Å². The first-order valence-corrected chi connectivity index (χ1v) is 3.51. The molecule has 0 unspecified atom stereocenters. The fourth-order valence-electron chi connectivity index (χ4n) is 0.937. The Labute approximate surface area is 64.1 Å². The molecule has 58 valence electrons. The number of hydrogen-bond acceptors (Lipinski definition) is 4. The van der Waals surface area contributed by atoms with Crippen molar-refractivity contribution in [2.75, 3.05) is 0 Å². The van der Waals surface area contributed by atoms with Crippen LogP contribution in [0.15, 0.2) is 12.4 Å². The molecule has 1 saturated carbocycles. The maximum Gasteiger partial charge on any atom is 0.152 e. The van der Waals surface area contributed by atoms with Gasteiger partial charge in [-0.05, 0) is 12.8 Å². The van der Waals surface area contributed by atoms with E-state index < -0.39 is 0 Å². The zero-order valence-corrected chi connectivity index (χ0v) is 5.99. The van der Waals surface area contributed by atoms with Crippen molar-refractivity contribution in [1.29, 1.82) is 0 Å². The van der Waals surface area contributed by atoms with Crippen molar-refractivity contribution in [3.8, 4) is 5.75 Å². The highest BCUT2D eigenvalue weighted by Gasteiger charge is 2.42. The summed E-state index contributed by atoms with van der Waals surface area (Å²) >= 11 is 0. The van der Waals surface area contributed by atoms with Crippen LogP contribution in [0.2, 0.25) is 0 Å². The number of nitrogens with two attached hydrogens (primary N) is 1. The Kier molecular flexibility index (Phi) is 1.14. The molecule has 0 bridgehead atoms. The Balaban J connectivity index is 2.33. The van der Waals surface area contributed by atoms with Crippen molar-refractivity contribution in [2.24, 2.45) is 5.73 Å². The minimum Gasteiger partial charge on any atom is -0.505 e. The average Bonchev–Trinajstić information content (AvgIpc) is 2.70. The minimum absolute atomic E-state index is 0.0815. The molecule has 1 aliphatic carbocycles. The third kappa shape index (κ3) is 1.05. The molecule has 1 aromatic heterocycles. The van der Waals surface area contributed by atoms with Gasteiger partial charge in [0.1, 0.15) is 5.82 Å². The number of nitrogens with zero attached hydrogens (tertiary/aromatic N) is 2. The summed E-state index contributed by atoms with van der Waals surface area (Å²) in [6, 6.07) is 0. The summed E-state index contributed by atoms with van der Waals surface area (Å²) in [5.74, 6) is 0.716. The van der Waals surface area contributed by atoms with Crippen LogP contribution in [-0.2, 0) is 5.54 Å². The maximum absolute atomic E-state index is 8.88. The molecule has 4 nitrogen and oxygen atoms in total. The molecule has 11 heavy (non-hydrogen) atoms. The van der Waals surface area contributed by atoms with Crippen LogP contribution in [0.1, 0.15) is 18.7 Å². The summed E-state index contributed by atoms with van der Waals surface area (Å²) in [6.45, 7) is 0. The molecule has 0 amide bonds. The lowest BCUT2D eigenvalue weighted by Gasteiger charge is -2.04. The van der Waals surface area contributed by atoms with Gasteiger partial charge in [0.15, 0.2) is 5.75 Å². The first kappa shape index (κ1) is 6.54. The fourth-order valence-corrected chi connectivity index (χ4v) is 0.937. The predicted octanol–water partition coefficient (Wildman–Crippen LogP) is 0.130. The number of rotatable bonds is 1. The molecule has 0 radical (unpaired) electrons. The highest BCUT2D eigenvalue weighted by Crippen LogP contribution is 2.40. The largest absolute Gasteiger partial charge is 0.505 e. The van der Waals surface area contributed by atoms with E-state index in [9.17, 15) is 0 Å². The Bertz CT molecular complexity index is 266. The summed E-state index contributed by atoms with van der Waals surface area (Å²) in [5, 5.41) is 8.88. The molecule has 0 aromatic carbocycles.